The molecule has 0 spiro atoms. The lowest BCUT2D eigenvalue weighted by Gasteiger charge is -2.27. The number of carbonyl (C=O) groups is 1. The van der Waals surface area contributed by atoms with Gasteiger partial charge in [-0.25, -0.2) is 0 Å². The summed E-state index contributed by atoms with van der Waals surface area (Å²) in [5.41, 5.74) is 5.20. The number of aromatic nitrogens is 1. The van der Waals surface area contributed by atoms with Gasteiger partial charge in [-0.1, -0.05) is 18.2 Å². The number of aromatic amines is 1. The van der Waals surface area contributed by atoms with Gasteiger partial charge in [0, 0.05) is 42.7 Å². The van der Waals surface area contributed by atoms with Crippen molar-refractivity contribution in [1.82, 2.24) is 15.2 Å². The lowest BCUT2D eigenvalue weighted by atomic mass is 10.1. The molecule has 2 saturated heterocycles. The topological polar surface area (TPSA) is 48.1 Å². The maximum Gasteiger partial charge on any atom is 0.221 e. The number of fused-ring (bicyclic) bond motifs is 3. The molecule has 3 heterocycles. The SMILES string of the molecule is Cc1[nH]c2c(CN3[C@@H]4CC[C@H]3CC(=O)NC4)cccc2c1C. The van der Waals surface area contributed by atoms with Crippen LogP contribution >= 0.6 is 0 Å². The van der Waals surface area contributed by atoms with Crippen LogP contribution in [0.2, 0.25) is 0 Å². The highest BCUT2D eigenvalue weighted by Crippen LogP contribution is 2.32. The molecule has 2 N–H and O–H groups in total. The van der Waals surface area contributed by atoms with E-state index in [1.807, 2.05) is 0 Å². The van der Waals surface area contributed by atoms with Crippen molar-refractivity contribution in [2.24, 2.45) is 0 Å². The molecule has 1 amide bonds. The fourth-order valence-corrected chi connectivity index (χ4v) is 4.10. The van der Waals surface area contributed by atoms with Crippen LogP contribution in [-0.2, 0) is 11.3 Å². The smallest absolute Gasteiger partial charge is 0.221 e. The summed E-state index contributed by atoms with van der Waals surface area (Å²) in [4.78, 5) is 17.9. The Hall–Kier alpha value is -1.81. The molecule has 0 aliphatic carbocycles. The number of hydrogen-bond acceptors (Lipinski definition) is 2. The summed E-state index contributed by atoms with van der Waals surface area (Å²) >= 11 is 0. The molecule has 4 rings (SSSR count). The number of nitrogens with one attached hydrogen (secondary N) is 2. The highest BCUT2D eigenvalue weighted by atomic mass is 16.1. The Morgan fingerprint density at radius 1 is 1.23 bits per heavy atom. The predicted octanol–water partition coefficient (Wildman–Crippen LogP) is 2.64. The highest BCUT2D eigenvalue weighted by Gasteiger charge is 2.37. The van der Waals surface area contributed by atoms with Gasteiger partial charge in [-0.15, -0.1) is 0 Å². The molecule has 1 aromatic carbocycles. The van der Waals surface area contributed by atoms with Crippen molar-refractivity contribution in [3.63, 3.8) is 0 Å². The Labute approximate surface area is 130 Å². The first-order chi connectivity index (χ1) is 10.6. The second-order valence-electron chi connectivity index (χ2n) is 6.78. The van der Waals surface area contributed by atoms with E-state index in [1.54, 1.807) is 0 Å². The molecule has 0 radical (unpaired) electrons. The van der Waals surface area contributed by atoms with Gasteiger partial charge in [0.2, 0.25) is 5.91 Å². The molecule has 1 aromatic heterocycles. The van der Waals surface area contributed by atoms with Gasteiger partial charge in [0.1, 0.15) is 0 Å². The van der Waals surface area contributed by atoms with Gasteiger partial charge in [0.15, 0.2) is 0 Å². The second kappa shape index (κ2) is 5.13. The van der Waals surface area contributed by atoms with Gasteiger partial charge in [0.25, 0.3) is 0 Å². The largest absolute Gasteiger partial charge is 0.358 e. The van der Waals surface area contributed by atoms with Crippen molar-refractivity contribution in [1.29, 1.82) is 0 Å². The zero-order valence-electron chi connectivity index (χ0n) is 13.3. The van der Waals surface area contributed by atoms with Crippen LogP contribution < -0.4 is 5.32 Å². The van der Waals surface area contributed by atoms with Crippen LogP contribution in [0.15, 0.2) is 18.2 Å². The number of benzene rings is 1. The third kappa shape index (κ3) is 2.13. The van der Waals surface area contributed by atoms with E-state index in [0.29, 0.717) is 18.5 Å². The Morgan fingerprint density at radius 3 is 2.91 bits per heavy atom. The average molecular weight is 297 g/mol. The van der Waals surface area contributed by atoms with Gasteiger partial charge < -0.3 is 10.3 Å². The molecule has 2 bridgehead atoms. The molecule has 0 saturated carbocycles. The number of amides is 1. The lowest BCUT2D eigenvalue weighted by Crippen LogP contribution is -2.37. The minimum atomic E-state index is 0.210. The summed E-state index contributed by atoms with van der Waals surface area (Å²) in [6, 6.07) is 7.46. The van der Waals surface area contributed by atoms with E-state index in [0.717, 1.165) is 19.5 Å². The van der Waals surface area contributed by atoms with Crippen LogP contribution in [0, 0.1) is 13.8 Å². The summed E-state index contributed by atoms with van der Waals surface area (Å²) in [7, 11) is 0. The molecule has 116 valence electrons. The number of hydrogen-bond donors (Lipinski definition) is 2. The first kappa shape index (κ1) is 13.8. The van der Waals surface area contributed by atoms with Crippen molar-refractivity contribution < 1.29 is 4.79 Å². The first-order valence-electron chi connectivity index (χ1n) is 8.22. The van der Waals surface area contributed by atoms with Crippen molar-refractivity contribution >= 4 is 16.8 Å². The van der Waals surface area contributed by atoms with E-state index in [1.165, 1.54) is 34.1 Å². The molecule has 2 aromatic rings. The molecule has 2 atom stereocenters. The lowest BCUT2D eigenvalue weighted by molar-refractivity contribution is -0.121. The summed E-state index contributed by atoms with van der Waals surface area (Å²) < 4.78 is 0. The molecule has 2 fully saturated rings. The number of carbonyl (C=O) groups excluding carboxylic acids is 1. The van der Waals surface area contributed by atoms with E-state index in [9.17, 15) is 4.79 Å². The monoisotopic (exact) mass is 297 g/mol. The third-order valence-electron chi connectivity index (χ3n) is 5.51. The van der Waals surface area contributed by atoms with Gasteiger partial charge in [0.05, 0.1) is 5.52 Å². The van der Waals surface area contributed by atoms with Crippen LogP contribution in [0.4, 0.5) is 0 Å². The van der Waals surface area contributed by atoms with Crippen LogP contribution in [0.1, 0.15) is 36.1 Å². The fraction of sp³-hybridized carbons (Fsp3) is 0.500. The van der Waals surface area contributed by atoms with Gasteiger partial charge in [-0.3, -0.25) is 9.69 Å². The van der Waals surface area contributed by atoms with Crippen LogP contribution in [0.5, 0.6) is 0 Å². The van der Waals surface area contributed by atoms with E-state index in [2.05, 4.69) is 47.2 Å². The minimum Gasteiger partial charge on any atom is -0.358 e. The predicted molar refractivity (Wildman–Crippen MR) is 87.8 cm³/mol. The molecule has 2 aliphatic heterocycles. The van der Waals surface area contributed by atoms with Crippen molar-refractivity contribution in [2.45, 2.75) is 51.7 Å². The standard InChI is InChI=1S/C18H23N3O/c1-11-12(2)20-18-13(4-3-5-16(11)18)10-21-14-6-7-15(21)9-19-17(22)8-14/h3-5,14-15,20H,6-10H2,1-2H3,(H,19,22)/t14-,15+/m0/s1. The van der Waals surface area contributed by atoms with Crippen molar-refractivity contribution in [2.75, 3.05) is 6.54 Å². The number of rotatable bonds is 2. The van der Waals surface area contributed by atoms with E-state index >= 15 is 0 Å². The fourth-order valence-electron chi connectivity index (χ4n) is 4.10. The van der Waals surface area contributed by atoms with E-state index in [-0.39, 0.29) is 5.91 Å². The highest BCUT2D eigenvalue weighted by molar-refractivity contribution is 5.87. The van der Waals surface area contributed by atoms with Crippen LogP contribution in [0.25, 0.3) is 10.9 Å². The summed E-state index contributed by atoms with van der Waals surface area (Å²) in [6.07, 6.45) is 3.00. The minimum absolute atomic E-state index is 0.210. The Morgan fingerprint density at radius 2 is 2.05 bits per heavy atom. The van der Waals surface area contributed by atoms with Gasteiger partial charge in [-0.2, -0.15) is 0 Å². The Bertz CT molecular complexity index is 733. The Balaban J connectivity index is 1.69. The van der Waals surface area contributed by atoms with Crippen molar-refractivity contribution in [3.8, 4) is 0 Å². The van der Waals surface area contributed by atoms with Gasteiger partial charge in [-0.05, 0) is 37.8 Å². The number of aryl methyl sites for hydroxylation is 2. The van der Waals surface area contributed by atoms with E-state index in [4.69, 9.17) is 0 Å². The number of nitrogens with zero attached hydrogens (tertiary/aromatic N) is 1. The summed E-state index contributed by atoms with van der Waals surface area (Å²) in [5.74, 6) is 0.210. The molecule has 22 heavy (non-hydrogen) atoms. The summed E-state index contributed by atoms with van der Waals surface area (Å²) in [6.45, 7) is 6.04. The quantitative estimate of drug-likeness (QED) is 0.895. The average Bonchev–Trinajstić information content (AvgIpc) is 2.94. The zero-order valence-corrected chi connectivity index (χ0v) is 13.3. The third-order valence-corrected chi connectivity index (χ3v) is 5.51. The molecule has 4 heteroatoms. The second-order valence-corrected chi connectivity index (χ2v) is 6.78. The summed E-state index contributed by atoms with van der Waals surface area (Å²) in [5, 5.41) is 4.38. The van der Waals surface area contributed by atoms with Crippen LogP contribution in [0.3, 0.4) is 0 Å². The molecule has 0 unspecified atom stereocenters. The maximum absolute atomic E-state index is 11.8. The van der Waals surface area contributed by atoms with Crippen molar-refractivity contribution in [3.05, 3.63) is 35.0 Å². The van der Waals surface area contributed by atoms with E-state index < -0.39 is 0 Å². The maximum atomic E-state index is 11.8. The normalized spacial score (nSPS) is 25.5. The number of H-pyrrole nitrogens is 1. The molecular weight excluding hydrogens is 274 g/mol. The Kier molecular flexibility index (Phi) is 3.22. The first-order valence-corrected chi connectivity index (χ1v) is 8.22. The van der Waals surface area contributed by atoms with Crippen LogP contribution in [-0.4, -0.2) is 34.4 Å². The number of para-hydroxylation sites is 1. The molecule has 2 aliphatic rings. The zero-order chi connectivity index (χ0) is 15.3. The molecule has 4 nitrogen and oxygen atoms in total. The molecular formula is C18H23N3O. The van der Waals surface area contributed by atoms with Gasteiger partial charge >= 0.3 is 0 Å².